The van der Waals surface area contributed by atoms with E-state index in [-0.39, 0.29) is 11.5 Å². The molecule has 1 aromatic carbocycles. The number of hydrogen-bond acceptors (Lipinski definition) is 6. The number of carbonyl (C=O) groups excluding carboxylic acids is 2. The molecule has 0 heterocycles. The van der Waals surface area contributed by atoms with Crippen molar-refractivity contribution in [1.29, 1.82) is 0 Å². The predicted molar refractivity (Wildman–Crippen MR) is 74.3 cm³/mol. The summed E-state index contributed by atoms with van der Waals surface area (Å²) in [7, 11) is -2.66. The van der Waals surface area contributed by atoms with Crippen LogP contribution in [-0.2, 0) is 24.3 Å². The maximum absolute atomic E-state index is 11.9. The molecule has 1 aromatic rings. The first-order valence-electron chi connectivity index (χ1n) is 5.99. The van der Waals surface area contributed by atoms with Gasteiger partial charge in [0.25, 0.3) is 0 Å². The summed E-state index contributed by atoms with van der Waals surface area (Å²) in [6, 6.07) is 5.40. The van der Waals surface area contributed by atoms with Gasteiger partial charge in [-0.1, -0.05) is 0 Å². The molecule has 0 unspecified atom stereocenters. The average molecular weight is 316 g/mol. The Morgan fingerprint density at radius 2 is 1.81 bits per heavy atom. The van der Waals surface area contributed by atoms with Crippen LogP contribution in [0.1, 0.15) is 6.92 Å². The van der Waals surface area contributed by atoms with E-state index in [1.54, 1.807) is 6.92 Å². The van der Waals surface area contributed by atoms with Crippen molar-refractivity contribution in [3.8, 4) is 0 Å². The lowest BCUT2D eigenvalue weighted by Crippen LogP contribution is -2.30. The Kier molecular flexibility index (Phi) is 6.12. The lowest BCUT2D eigenvalue weighted by molar-refractivity contribution is -0.139. The summed E-state index contributed by atoms with van der Waals surface area (Å²) < 4.78 is 34.8. The van der Waals surface area contributed by atoms with E-state index in [9.17, 15) is 18.0 Å². The Balaban J connectivity index is 2.72. The van der Waals surface area contributed by atoms with Crippen molar-refractivity contribution in [3.63, 3.8) is 0 Å². The molecule has 0 aliphatic heterocycles. The van der Waals surface area contributed by atoms with E-state index in [0.717, 1.165) is 7.11 Å². The lowest BCUT2D eigenvalue weighted by atomic mass is 10.3. The molecule has 0 saturated carbocycles. The number of ether oxygens (including phenoxy) is 2. The molecule has 0 atom stereocenters. The minimum Gasteiger partial charge on any atom is -0.468 e. The highest BCUT2D eigenvalue weighted by atomic mass is 32.2. The van der Waals surface area contributed by atoms with Crippen molar-refractivity contribution in [2.75, 3.05) is 25.6 Å². The van der Waals surface area contributed by atoms with Gasteiger partial charge < -0.3 is 9.47 Å². The number of nitrogens with one attached hydrogen (secondary N) is 2. The zero-order chi connectivity index (χ0) is 15.9. The third-order valence-electron chi connectivity index (χ3n) is 2.32. The van der Waals surface area contributed by atoms with Crippen molar-refractivity contribution < 1.29 is 27.5 Å². The molecule has 21 heavy (non-hydrogen) atoms. The highest BCUT2D eigenvalue weighted by Gasteiger charge is 2.15. The van der Waals surface area contributed by atoms with Gasteiger partial charge in [0, 0.05) is 5.69 Å². The number of benzene rings is 1. The van der Waals surface area contributed by atoms with Gasteiger partial charge in [0.1, 0.15) is 6.54 Å². The predicted octanol–water partition coefficient (Wildman–Crippen LogP) is 0.706. The Morgan fingerprint density at radius 1 is 1.19 bits per heavy atom. The molecule has 0 aromatic heterocycles. The summed E-state index contributed by atoms with van der Waals surface area (Å²) in [4.78, 5) is 22.1. The van der Waals surface area contributed by atoms with Gasteiger partial charge in [0.15, 0.2) is 0 Å². The largest absolute Gasteiger partial charge is 0.468 e. The fraction of sp³-hybridized carbons (Fsp3) is 0.333. The van der Waals surface area contributed by atoms with Crippen LogP contribution in [0, 0.1) is 0 Å². The summed E-state index contributed by atoms with van der Waals surface area (Å²) in [6.07, 6.45) is -0.628. The quantitative estimate of drug-likeness (QED) is 0.748. The van der Waals surface area contributed by atoms with Crippen LogP contribution in [0.4, 0.5) is 10.5 Å². The van der Waals surface area contributed by atoms with Gasteiger partial charge in [-0.2, -0.15) is 4.72 Å². The van der Waals surface area contributed by atoms with E-state index in [4.69, 9.17) is 0 Å². The van der Waals surface area contributed by atoms with Crippen molar-refractivity contribution in [1.82, 2.24) is 4.72 Å². The number of anilines is 1. The van der Waals surface area contributed by atoms with E-state index >= 15 is 0 Å². The van der Waals surface area contributed by atoms with E-state index in [2.05, 4.69) is 19.5 Å². The second-order valence-corrected chi connectivity index (χ2v) is 5.54. The summed E-state index contributed by atoms with van der Waals surface area (Å²) in [5.74, 6) is -0.695. The summed E-state index contributed by atoms with van der Waals surface area (Å²) >= 11 is 0. The van der Waals surface area contributed by atoms with Crippen LogP contribution in [0.25, 0.3) is 0 Å². The number of sulfonamides is 1. The van der Waals surface area contributed by atoms with Gasteiger partial charge in [-0.25, -0.2) is 13.2 Å². The molecule has 0 spiro atoms. The molecule has 9 heteroatoms. The number of esters is 1. The first-order valence-corrected chi connectivity index (χ1v) is 7.47. The van der Waals surface area contributed by atoms with Crippen molar-refractivity contribution in [2.24, 2.45) is 0 Å². The molecule has 0 aliphatic carbocycles. The number of methoxy groups -OCH3 is 1. The van der Waals surface area contributed by atoms with Crippen molar-refractivity contribution in [3.05, 3.63) is 24.3 Å². The van der Waals surface area contributed by atoms with Gasteiger partial charge in [-0.15, -0.1) is 0 Å². The molecule has 8 nitrogen and oxygen atoms in total. The highest BCUT2D eigenvalue weighted by molar-refractivity contribution is 7.89. The maximum atomic E-state index is 11.9. The topological polar surface area (TPSA) is 111 Å². The molecule has 0 bridgehead atoms. The van der Waals surface area contributed by atoms with E-state index in [1.165, 1.54) is 24.3 Å². The monoisotopic (exact) mass is 316 g/mol. The minimum atomic E-state index is -3.82. The molecule has 1 amide bonds. The zero-order valence-electron chi connectivity index (χ0n) is 11.6. The van der Waals surface area contributed by atoms with Gasteiger partial charge in [0.05, 0.1) is 18.6 Å². The smallest absolute Gasteiger partial charge is 0.411 e. The second kappa shape index (κ2) is 7.60. The van der Waals surface area contributed by atoms with Crippen LogP contribution in [0.5, 0.6) is 0 Å². The summed E-state index contributed by atoms with van der Waals surface area (Å²) in [5.41, 5.74) is 0.389. The number of rotatable bonds is 6. The van der Waals surface area contributed by atoms with Crippen LogP contribution in [-0.4, -0.2) is 40.7 Å². The molecule has 0 saturated heterocycles. The number of hydrogen-bond donors (Lipinski definition) is 2. The van der Waals surface area contributed by atoms with Gasteiger partial charge in [0.2, 0.25) is 10.0 Å². The first-order chi connectivity index (χ1) is 9.89. The lowest BCUT2D eigenvalue weighted by Gasteiger charge is -2.08. The summed E-state index contributed by atoms with van der Waals surface area (Å²) in [5, 5.41) is 2.43. The molecule has 116 valence electrons. The van der Waals surface area contributed by atoms with Crippen LogP contribution in [0.3, 0.4) is 0 Å². The second-order valence-electron chi connectivity index (χ2n) is 3.77. The first kappa shape index (κ1) is 16.9. The normalized spacial score (nSPS) is 10.8. The standard InChI is InChI=1S/C12H16N2O6S/c1-3-20-12(16)14-9-4-6-10(7-5-9)21(17,18)13-8-11(15)19-2/h4-7,13H,3,8H2,1-2H3,(H,14,16). The third-order valence-corrected chi connectivity index (χ3v) is 3.74. The van der Waals surface area contributed by atoms with Gasteiger partial charge in [-0.3, -0.25) is 10.1 Å². The van der Waals surface area contributed by atoms with Crippen molar-refractivity contribution in [2.45, 2.75) is 11.8 Å². The SMILES string of the molecule is CCOC(=O)Nc1ccc(S(=O)(=O)NCC(=O)OC)cc1. The molecular weight excluding hydrogens is 300 g/mol. The molecule has 2 N–H and O–H groups in total. The molecular formula is C12H16N2O6S. The third kappa shape index (κ3) is 5.40. The number of carbonyl (C=O) groups is 2. The number of amides is 1. The molecule has 0 radical (unpaired) electrons. The van der Waals surface area contributed by atoms with E-state index < -0.39 is 28.6 Å². The van der Waals surface area contributed by atoms with Crippen molar-refractivity contribution >= 4 is 27.8 Å². The summed E-state index contributed by atoms with van der Waals surface area (Å²) in [6.45, 7) is 1.44. The van der Waals surface area contributed by atoms with Gasteiger partial charge in [-0.05, 0) is 31.2 Å². The minimum absolute atomic E-state index is 0.0409. The van der Waals surface area contributed by atoms with Gasteiger partial charge >= 0.3 is 12.1 Å². The fourth-order valence-electron chi connectivity index (χ4n) is 1.31. The zero-order valence-corrected chi connectivity index (χ0v) is 12.4. The maximum Gasteiger partial charge on any atom is 0.411 e. The fourth-order valence-corrected chi connectivity index (χ4v) is 2.28. The van der Waals surface area contributed by atoms with Crippen LogP contribution >= 0.6 is 0 Å². The molecule has 1 rings (SSSR count). The van der Waals surface area contributed by atoms with Crippen LogP contribution in [0.2, 0.25) is 0 Å². The van der Waals surface area contributed by atoms with E-state index in [1.807, 2.05) is 0 Å². The van der Waals surface area contributed by atoms with E-state index in [0.29, 0.717) is 5.69 Å². The molecule has 0 fully saturated rings. The Morgan fingerprint density at radius 3 is 2.33 bits per heavy atom. The van der Waals surface area contributed by atoms with Crippen LogP contribution in [0.15, 0.2) is 29.2 Å². The highest BCUT2D eigenvalue weighted by Crippen LogP contribution is 2.14. The molecule has 0 aliphatic rings. The Hall–Kier alpha value is -2.13. The Bertz CT molecular complexity index is 597. The van der Waals surface area contributed by atoms with Crippen LogP contribution < -0.4 is 10.0 Å². The average Bonchev–Trinajstić information content (AvgIpc) is 2.45. The Labute approximate surface area is 122 Å².